The van der Waals surface area contributed by atoms with Crippen molar-refractivity contribution in [2.45, 2.75) is 19.9 Å². The highest BCUT2D eigenvalue weighted by molar-refractivity contribution is 5.87. The van der Waals surface area contributed by atoms with E-state index in [0.29, 0.717) is 36.0 Å². The fourth-order valence-corrected chi connectivity index (χ4v) is 4.38. The molecule has 0 amide bonds. The van der Waals surface area contributed by atoms with E-state index in [0.717, 1.165) is 40.3 Å². The summed E-state index contributed by atoms with van der Waals surface area (Å²) in [5, 5.41) is 3.39. The number of hydrogen-bond acceptors (Lipinski definition) is 9. The van der Waals surface area contributed by atoms with E-state index < -0.39 is 0 Å². The zero-order chi connectivity index (χ0) is 24.6. The van der Waals surface area contributed by atoms with Gasteiger partial charge in [0.05, 0.1) is 42.8 Å². The highest BCUT2D eigenvalue weighted by Gasteiger charge is 2.22. The summed E-state index contributed by atoms with van der Waals surface area (Å²) in [4.78, 5) is 24.7. The maximum absolute atomic E-state index is 6.16. The summed E-state index contributed by atoms with van der Waals surface area (Å²) in [7, 11) is 1.97. The molecule has 1 N–H and O–H groups in total. The Balaban J connectivity index is 1.25. The third-order valence-corrected chi connectivity index (χ3v) is 6.35. The summed E-state index contributed by atoms with van der Waals surface area (Å²) in [5.41, 5.74) is 5.17. The van der Waals surface area contributed by atoms with Crippen molar-refractivity contribution in [2.75, 3.05) is 30.0 Å². The van der Waals surface area contributed by atoms with Crippen LogP contribution in [0.25, 0.3) is 22.1 Å². The Hall–Kier alpha value is -4.31. The number of imidazole rings is 1. The van der Waals surface area contributed by atoms with Gasteiger partial charge in [0.2, 0.25) is 5.95 Å². The molecule has 182 valence electrons. The van der Waals surface area contributed by atoms with Crippen LogP contribution in [0.5, 0.6) is 11.5 Å². The first-order chi connectivity index (χ1) is 17.5. The molecule has 1 atom stereocenters. The first-order valence-electron chi connectivity index (χ1n) is 11.8. The molecular weight excluding hydrogens is 456 g/mol. The molecule has 5 aromatic rings. The first kappa shape index (κ1) is 22.2. The zero-order valence-electron chi connectivity index (χ0n) is 20.3. The number of hydrogen-bond donors (Lipinski definition) is 1. The van der Waals surface area contributed by atoms with Crippen molar-refractivity contribution in [1.82, 2.24) is 29.5 Å². The Labute approximate surface area is 208 Å². The van der Waals surface area contributed by atoms with Gasteiger partial charge in [-0.05, 0) is 49.7 Å². The minimum atomic E-state index is 0.200. The molecule has 10 heteroatoms. The first-order valence-corrected chi connectivity index (χ1v) is 11.8. The van der Waals surface area contributed by atoms with Gasteiger partial charge in [-0.3, -0.25) is 0 Å². The van der Waals surface area contributed by atoms with Gasteiger partial charge >= 0.3 is 0 Å². The summed E-state index contributed by atoms with van der Waals surface area (Å²) in [5.74, 6) is 2.79. The minimum Gasteiger partial charge on any atom is -0.457 e. The van der Waals surface area contributed by atoms with Crippen molar-refractivity contribution in [2.24, 2.45) is 7.05 Å². The molecule has 3 aromatic heterocycles. The van der Waals surface area contributed by atoms with Crippen LogP contribution in [0.1, 0.15) is 12.5 Å². The van der Waals surface area contributed by atoms with E-state index in [4.69, 9.17) is 14.5 Å². The smallest absolute Gasteiger partial charge is 0.226 e. The summed E-state index contributed by atoms with van der Waals surface area (Å²) in [6.07, 6.45) is 5.06. The minimum absolute atomic E-state index is 0.200. The van der Waals surface area contributed by atoms with Gasteiger partial charge in [0.15, 0.2) is 5.82 Å². The highest BCUT2D eigenvalue weighted by Crippen LogP contribution is 2.31. The quantitative estimate of drug-likeness (QED) is 0.391. The normalized spacial score (nSPS) is 16.0. The highest BCUT2D eigenvalue weighted by atomic mass is 16.5. The largest absolute Gasteiger partial charge is 0.457 e. The predicted molar refractivity (Wildman–Crippen MR) is 138 cm³/mol. The van der Waals surface area contributed by atoms with Crippen LogP contribution in [0.15, 0.2) is 55.2 Å². The third kappa shape index (κ3) is 4.16. The van der Waals surface area contributed by atoms with Crippen LogP contribution in [-0.2, 0) is 11.8 Å². The molecule has 1 saturated heterocycles. The number of nitrogens with one attached hydrogen (secondary N) is 1. The molecule has 0 unspecified atom stereocenters. The molecular formula is C26H26N8O2. The molecule has 0 radical (unpaired) electrons. The molecule has 2 aromatic carbocycles. The van der Waals surface area contributed by atoms with Crippen LogP contribution < -0.4 is 15.0 Å². The summed E-state index contributed by atoms with van der Waals surface area (Å²) in [6, 6.07) is 12.0. The van der Waals surface area contributed by atoms with Crippen molar-refractivity contribution >= 4 is 39.5 Å². The molecule has 0 spiro atoms. The van der Waals surface area contributed by atoms with Crippen LogP contribution in [0.3, 0.4) is 0 Å². The lowest BCUT2D eigenvalue weighted by molar-refractivity contribution is 0.0981. The second-order valence-electron chi connectivity index (χ2n) is 8.96. The van der Waals surface area contributed by atoms with Crippen molar-refractivity contribution in [3.63, 3.8) is 0 Å². The molecule has 0 bridgehead atoms. The molecule has 1 fully saturated rings. The Morgan fingerprint density at radius 2 is 1.97 bits per heavy atom. The number of anilines is 3. The average Bonchev–Trinajstić information content (AvgIpc) is 3.26. The lowest BCUT2D eigenvalue weighted by atomic mass is 10.2. The molecule has 6 rings (SSSR count). The topological polar surface area (TPSA) is 103 Å². The van der Waals surface area contributed by atoms with Crippen LogP contribution in [0.2, 0.25) is 0 Å². The van der Waals surface area contributed by atoms with E-state index in [9.17, 15) is 0 Å². The van der Waals surface area contributed by atoms with Crippen molar-refractivity contribution < 1.29 is 9.47 Å². The van der Waals surface area contributed by atoms with Gasteiger partial charge < -0.3 is 24.3 Å². The fraction of sp³-hybridized carbons (Fsp3) is 0.269. The number of ether oxygens (including phenoxy) is 2. The van der Waals surface area contributed by atoms with E-state index in [1.165, 1.54) is 6.33 Å². The Kier molecular flexibility index (Phi) is 5.57. The molecule has 10 nitrogen and oxygen atoms in total. The van der Waals surface area contributed by atoms with Crippen molar-refractivity contribution in [1.29, 1.82) is 0 Å². The SMILES string of the molecule is Cc1cc(Nc2ncnc3cnc(N4CCOC[C@H]4C)nc23)ccc1Oc1ccc2c(c1)ncn2C. The average molecular weight is 483 g/mol. The zero-order valence-corrected chi connectivity index (χ0v) is 20.3. The molecule has 0 aliphatic carbocycles. The Bertz CT molecular complexity index is 1570. The van der Waals surface area contributed by atoms with Gasteiger partial charge in [-0.25, -0.2) is 24.9 Å². The summed E-state index contributed by atoms with van der Waals surface area (Å²) < 4.78 is 13.7. The second-order valence-corrected chi connectivity index (χ2v) is 8.96. The number of fused-ring (bicyclic) bond motifs is 2. The van der Waals surface area contributed by atoms with Gasteiger partial charge in [0.1, 0.15) is 28.9 Å². The number of nitrogens with zero attached hydrogens (tertiary/aromatic N) is 7. The lowest BCUT2D eigenvalue weighted by Gasteiger charge is -2.33. The van der Waals surface area contributed by atoms with Gasteiger partial charge in [0.25, 0.3) is 0 Å². The lowest BCUT2D eigenvalue weighted by Crippen LogP contribution is -2.44. The number of morpholine rings is 1. The Morgan fingerprint density at radius 3 is 2.83 bits per heavy atom. The van der Waals surface area contributed by atoms with E-state index >= 15 is 0 Å². The van der Waals surface area contributed by atoms with Crippen LogP contribution >= 0.6 is 0 Å². The van der Waals surface area contributed by atoms with Gasteiger partial charge in [0, 0.05) is 25.3 Å². The number of aryl methyl sites for hydroxylation is 2. The van der Waals surface area contributed by atoms with Crippen LogP contribution in [0, 0.1) is 6.92 Å². The molecule has 4 heterocycles. The summed E-state index contributed by atoms with van der Waals surface area (Å²) >= 11 is 0. The fourth-order valence-electron chi connectivity index (χ4n) is 4.38. The maximum atomic E-state index is 6.16. The van der Waals surface area contributed by atoms with Gasteiger partial charge in [-0.2, -0.15) is 0 Å². The van der Waals surface area contributed by atoms with E-state index in [1.54, 1.807) is 12.5 Å². The molecule has 1 aliphatic rings. The number of aromatic nitrogens is 6. The standard InChI is InChI=1S/C26H26N8O2/c1-16-10-18(4-7-23(16)36-19-5-6-22-20(11-19)30-15-33(22)3)31-25-24-21(28-14-29-25)12-27-26(32-24)34-8-9-35-13-17(34)2/h4-7,10-12,14-15,17H,8-9,13H2,1-3H3,(H,28,29,31)/t17-/m1/s1. The number of rotatable bonds is 5. The maximum Gasteiger partial charge on any atom is 0.226 e. The molecule has 36 heavy (non-hydrogen) atoms. The molecule has 1 aliphatic heterocycles. The van der Waals surface area contributed by atoms with Gasteiger partial charge in [-0.15, -0.1) is 0 Å². The Morgan fingerprint density at radius 1 is 1.06 bits per heavy atom. The van der Waals surface area contributed by atoms with Gasteiger partial charge in [-0.1, -0.05) is 0 Å². The predicted octanol–water partition coefficient (Wildman–Crippen LogP) is 4.38. The third-order valence-electron chi connectivity index (χ3n) is 6.35. The van der Waals surface area contributed by atoms with E-state index in [2.05, 4.69) is 37.1 Å². The van der Waals surface area contributed by atoms with Crippen LogP contribution in [0.4, 0.5) is 17.5 Å². The number of benzene rings is 2. The van der Waals surface area contributed by atoms with E-state index in [1.807, 2.05) is 54.9 Å². The van der Waals surface area contributed by atoms with Crippen molar-refractivity contribution in [3.8, 4) is 11.5 Å². The van der Waals surface area contributed by atoms with Crippen molar-refractivity contribution in [3.05, 3.63) is 60.8 Å². The monoisotopic (exact) mass is 482 g/mol. The van der Waals surface area contributed by atoms with E-state index in [-0.39, 0.29) is 6.04 Å². The molecule has 0 saturated carbocycles. The second kappa shape index (κ2) is 9.04. The van der Waals surface area contributed by atoms with Crippen LogP contribution in [-0.4, -0.2) is 55.3 Å². The summed E-state index contributed by atoms with van der Waals surface area (Å²) in [6.45, 7) is 6.18.